The number of benzene rings is 6. The molecule has 0 bridgehead atoms. The molecule has 0 amide bonds. The molecule has 0 N–H and O–H groups in total. The van der Waals surface area contributed by atoms with E-state index in [9.17, 15) is 0 Å². The normalized spacial score (nSPS) is 11.1. The van der Waals surface area contributed by atoms with Crippen LogP contribution >= 0.6 is 0 Å². The summed E-state index contributed by atoms with van der Waals surface area (Å²) in [5.41, 5.74) is 8.15. The van der Waals surface area contributed by atoms with Crippen molar-refractivity contribution in [3.63, 3.8) is 0 Å². The Kier molecular flexibility index (Phi) is 6.81. The van der Waals surface area contributed by atoms with Gasteiger partial charge in [-0.25, -0.2) is 9.97 Å². The minimum absolute atomic E-state index is 0.0885. The predicted molar refractivity (Wildman–Crippen MR) is 181 cm³/mol. The van der Waals surface area contributed by atoms with Crippen LogP contribution in [0.2, 0.25) is 0 Å². The minimum atomic E-state index is 0.0885. The van der Waals surface area contributed by atoms with Crippen LogP contribution in [0, 0.1) is 0 Å². The molecule has 0 spiro atoms. The van der Waals surface area contributed by atoms with Crippen LogP contribution in [0.4, 0.5) is 0 Å². The molecule has 0 aliphatic carbocycles. The number of rotatable bonds is 8. The Bertz CT molecular complexity index is 2070. The van der Waals surface area contributed by atoms with E-state index in [1.807, 2.05) is 121 Å². The van der Waals surface area contributed by atoms with E-state index in [2.05, 4.69) is 45.5 Å². The summed E-state index contributed by atoms with van der Waals surface area (Å²) < 4.78 is 16.3. The molecule has 0 unspecified atom stereocenters. The molecule has 0 saturated carbocycles. The first kappa shape index (κ1) is 26.5. The zero-order valence-corrected chi connectivity index (χ0v) is 24.3. The fraction of sp³-hybridized carbons (Fsp3) is 0. The van der Waals surface area contributed by atoms with Gasteiger partial charge >= 0.3 is 7.69 Å². The van der Waals surface area contributed by atoms with Crippen molar-refractivity contribution in [1.82, 2.24) is 19.1 Å². The van der Waals surface area contributed by atoms with Crippen LogP contribution in [-0.2, 0) is 0 Å². The van der Waals surface area contributed by atoms with Crippen LogP contribution < -0.4 is 9.31 Å². The monoisotopic (exact) mass is 582 g/mol. The second-order valence-electron chi connectivity index (χ2n) is 10.6. The minimum Gasteiger partial charge on any atom is -0.529 e. The molecule has 0 atom stereocenters. The number of hydrogen-bond donors (Lipinski definition) is 0. The highest BCUT2D eigenvalue weighted by Gasteiger charge is 2.15. The molecule has 0 aliphatic heterocycles. The molecule has 214 valence electrons. The summed E-state index contributed by atoms with van der Waals surface area (Å²) in [6.07, 6.45) is 0. The van der Waals surface area contributed by atoms with E-state index in [-0.39, 0.29) is 7.69 Å². The molecule has 6 aromatic carbocycles. The van der Waals surface area contributed by atoms with E-state index in [0.717, 1.165) is 67.7 Å². The van der Waals surface area contributed by atoms with E-state index in [1.165, 1.54) is 0 Å². The van der Waals surface area contributed by atoms with Gasteiger partial charge in [0.1, 0.15) is 23.1 Å². The average Bonchev–Trinajstić information content (AvgIpc) is 3.69. The maximum Gasteiger partial charge on any atom is 0.576 e. The summed E-state index contributed by atoms with van der Waals surface area (Å²) in [5.74, 6) is 3.24. The smallest absolute Gasteiger partial charge is 0.529 e. The molecule has 8 rings (SSSR count). The van der Waals surface area contributed by atoms with Crippen molar-refractivity contribution in [3.05, 3.63) is 158 Å². The maximum absolute atomic E-state index is 5.96. The van der Waals surface area contributed by atoms with E-state index in [4.69, 9.17) is 19.3 Å². The van der Waals surface area contributed by atoms with Crippen LogP contribution in [0.15, 0.2) is 158 Å². The summed E-state index contributed by atoms with van der Waals surface area (Å²) in [7, 11) is 0.0885. The van der Waals surface area contributed by atoms with Gasteiger partial charge in [-0.2, -0.15) is 0 Å². The van der Waals surface area contributed by atoms with Gasteiger partial charge < -0.3 is 9.31 Å². The maximum atomic E-state index is 5.96. The lowest BCUT2D eigenvalue weighted by Gasteiger charge is -2.12. The summed E-state index contributed by atoms with van der Waals surface area (Å²) in [6, 6.07) is 52.9. The van der Waals surface area contributed by atoms with Crippen molar-refractivity contribution in [2.24, 2.45) is 0 Å². The Labute approximate surface area is 261 Å². The first-order valence-corrected chi connectivity index (χ1v) is 14.8. The third-order valence-electron chi connectivity index (χ3n) is 7.83. The molecule has 45 heavy (non-hydrogen) atoms. The van der Waals surface area contributed by atoms with Crippen molar-refractivity contribution in [3.8, 4) is 45.6 Å². The molecule has 0 aliphatic rings. The van der Waals surface area contributed by atoms with Gasteiger partial charge in [-0.05, 0) is 72.8 Å². The number of aromatic nitrogens is 4. The van der Waals surface area contributed by atoms with E-state index >= 15 is 0 Å². The second-order valence-corrected chi connectivity index (χ2v) is 10.6. The van der Waals surface area contributed by atoms with E-state index in [0.29, 0.717) is 0 Å². The van der Waals surface area contributed by atoms with Gasteiger partial charge in [0.25, 0.3) is 0 Å². The molecular weight excluding hydrogens is 555 g/mol. The van der Waals surface area contributed by atoms with Crippen molar-refractivity contribution in [1.29, 1.82) is 0 Å². The highest BCUT2D eigenvalue weighted by molar-refractivity contribution is 6.20. The SMILES string of the molecule is B(Oc1ccc(-n2c(-c3ccccc3)nc3ccccc32)cc1)Oc1ccc(-n2c(-c3ccccc3)nc3ccccc32)cc1. The molecular formula is C38H27BN4O2. The van der Waals surface area contributed by atoms with Gasteiger partial charge in [-0.15, -0.1) is 0 Å². The number of nitrogens with zero attached hydrogens (tertiary/aromatic N) is 4. The third-order valence-corrected chi connectivity index (χ3v) is 7.83. The Morgan fingerprint density at radius 1 is 0.400 bits per heavy atom. The van der Waals surface area contributed by atoms with Crippen LogP contribution in [0.25, 0.3) is 56.2 Å². The molecule has 0 saturated heterocycles. The largest absolute Gasteiger partial charge is 0.576 e. The first-order chi connectivity index (χ1) is 22.3. The summed E-state index contributed by atoms with van der Waals surface area (Å²) in [6.45, 7) is 0. The van der Waals surface area contributed by atoms with Crippen LogP contribution in [-0.4, -0.2) is 26.8 Å². The predicted octanol–water partition coefficient (Wildman–Crippen LogP) is 8.42. The highest BCUT2D eigenvalue weighted by Crippen LogP contribution is 2.31. The molecule has 0 fully saturated rings. The lowest BCUT2D eigenvalue weighted by molar-refractivity contribution is 0.459. The van der Waals surface area contributed by atoms with Gasteiger partial charge in [0, 0.05) is 22.5 Å². The quantitative estimate of drug-likeness (QED) is 0.169. The fourth-order valence-electron chi connectivity index (χ4n) is 5.68. The Morgan fingerprint density at radius 3 is 1.20 bits per heavy atom. The average molecular weight is 582 g/mol. The van der Waals surface area contributed by atoms with Crippen molar-refractivity contribution in [2.75, 3.05) is 0 Å². The number of hydrogen-bond acceptors (Lipinski definition) is 4. The topological polar surface area (TPSA) is 54.1 Å². The fourth-order valence-corrected chi connectivity index (χ4v) is 5.68. The van der Waals surface area contributed by atoms with Gasteiger partial charge in [0.2, 0.25) is 0 Å². The Balaban J connectivity index is 0.990. The summed E-state index contributed by atoms with van der Waals surface area (Å²) in [4.78, 5) is 9.86. The lowest BCUT2D eigenvalue weighted by Crippen LogP contribution is -2.11. The van der Waals surface area contributed by atoms with Crippen LogP contribution in [0.1, 0.15) is 0 Å². The second kappa shape index (κ2) is 11.5. The zero-order valence-electron chi connectivity index (χ0n) is 24.3. The Morgan fingerprint density at radius 2 is 0.778 bits per heavy atom. The number of imidazole rings is 2. The van der Waals surface area contributed by atoms with Crippen molar-refractivity contribution >= 4 is 29.8 Å². The van der Waals surface area contributed by atoms with Crippen LogP contribution in [0.3, 0.4) is 0 Å². The van der Waals surface area contributed by atoms with Crippen LogP contribution in [0.5, 0.6) is 11.5 Å². The van der Waals surface area contributed by atoms with Gasteiger partial charge in [0.15, 0.2) is 0 Å². The Hall–Kier alpha value is -6.08. The van der Waals surface area contributed by atoms with Gasteiger partial charge in [-0.1, -0.05) is 84.9 Å². The molecule has 6 nitrogen and oxygen atoms in total. The molecule has 7 heteroatoms. The molecule has 8 aromatic rings. The number of fused-ring (bicyclic) bond motifs is 2. The zero-order chi connectivity index (χ0) is 30.0. The summed E-state index contributed by atoms with van der Waals surface area (Å²) >= 11 is 0. The first-order valence-electron chi connectivity index (χ1n) is 14.8. The molecule has 2 aromatic heterocycles. The van der Waals surface area contributed by atoms with Gasteiger partial charge in [0.05, 0.1) is 22.1 Å². The summed E-state index contributed by atoms with van der Waals surface area (Å²) in [5, 5.41) is 0. The number of para-hydroxylation sites is 4. The highest BCUT2D eigenvalue weighted by atomic mass is 16.6. The third kappa shape index (κ3) is 5.10. The van der Waals surface area contributed by atoms with Gasteiger partial charge in [-0.3, -0.25) is 9.13 Å². The lowest BCUT2D eigenvalue weighted by atomic mass is 10.2. The van der Waals surface area contributed by atoms with E-state index in [1.54, 1.807) is 0 Å². The standard InChI is InChI=1S/C38H27BN4O2/c1-3-11-27(12-4-1)37-40-33-15-7-9-17-35(33)42(37)29-19-23-31(24-20-29)44-39-45-32-25-21-30(22-26-32)43-36-18-10-8-16-34(36)41-38(43)28-13-5-2-6-14-28/h1-26,39H. The van der Waals surface area contributed by atoms with E-state index < -0.39 is 0 Å². The van der Waals surface area contributed by atoms with Crippen molar-refractivity contribution in [2.45, 2.75) is 0 Å². The molecule has 0 radical (unpaired) electrons. The molecule has 2 heterocycles. The van der Waals surface area contributed by atoms with Crippen molar-refractivity contribution < 1.29 is 9.31 Å².